The summed E-state index contributed by atoms with van der Waals surface area (Å²) in [4.78, 5) is 39.6. The highest BCUT2D eigenvalue weighted by Gasteiger charge is 2.37. The molecule has 2 aromatic carbocycles. The van der Waals surface area contributed by atoms with Gasteiger partial charge in [-0.3, -0.25) is 19.3 Å². The van der Waals surface area contributed by atoms with Gasteiger partial charge in [0, 0.05) is 53.7 Å². The van der Waals surface area contributed by atoms with Gasteiger partial charge >= 0.3 is 6.03 Å². The fraction of sp³-hybridized carbons (Fsp3) is 0.385. The first kappa shape index (κ1) is 35.4. The van der Waals surface area contributed by atoms with E-state index < -0.39 is 27.3 Å². The van der Waals surface area contributed by atoms with Crippen LogP contribution in [-0.4, -0.2) is 87.1 Å². The molecule has 0 radical (unpaired) electrons. The van der Waals surface area contributed by atoms with Crippen LogP contribution in [0.3, 0.4) is 0 Å². The quantitative estimate of drug-likeness (QED) is 0.200. The Balaban J connectivity index is 1.28. The first-order valence-corrected chi connectivity index (χ1v) is 19.6. The molecule has 2 aliphatic heterocycles. The number of rotatable bonds is 8. The molecule has 0 spiro atoms. The Kier molecular flexibility index (Phi) is 8.98. The van der Waals surface area contributed by atoms with Gasteiger partial charge in [0.15, 0.2) is 0 Å². The van der Waals surface area contributed by atoms with Crippen molar-refractivity contribution < 1.29 is 18.0 Å². The number of nitrogens with one attached hydrogen (secondary N) is 1. The number of benzene rings is 2. The molecule has 1 atom stereocenters. The number of urea groups is 1. The van der Waals surface area contributed by atoms with Crippen LogP contribution in [0, 0.1) is 0 Å². The SMILES string of the molecule is CC(C(N)=O)n1cc(-c2ccc(-c3c(-c4ccc(CN5CCC(S(C)(=O)=O)CC5)cc4)[nH]c4ncc5c(c34)CN(C(C)(C)C)C(=O)N5C)cc2)cn1. The number of nitrogens with zero attached hydrogens (tertiary/aromatic N) is 6. The summed E-state index contributed by atoms with van der Waals surface area (Å²) in [5.41, 5.74) is 14.5. The van der Waals surface area contributed by atoms with Crippen LogP contribution < -0.4 is 10.6 Å². The number of pyridine rings is 1. The second-order valence-electron chi connectivity index (χ2n) is 15.2. The lowest BCUT2D eigenvalue weighted by molar-refractivity contribution is -0.120. The molecule has 3 amide bonds. The van der Waals surface area contributed by atoms with Crippen LogP contribution in [0.1, 0.15) is 57.7 Å². The molecule has 2 aliphatic rings. The molecule has 5 heterocycles. The Morgan fingerprint density at radius 1 is 0.981 bits per heavy atom. The van der Waals surface area contributed by atoms with Crippen LogP contribution in [0.5, 0.6) is 0 Å². The number of amides is 3. The Bertz CT molecular complexity index is 2260. The minimum atomic E-state index is -3.02. The van der Waals surface area contributed by atoms with E-state index in [-0.39, 0.29) is 11.3 Å². The zero-order chi connectivity index (χ0) is 37.1. The van der Waals surface area contributed by atoms with Gasteiger partial charge in [-0.1, -0.05) is 48.5 Å². The molecular formula is C39H46N8O4S. The second kappa shape index (κ2) is 13.2. The molecule has 5 aromatic rings. The van der Waals surface area contributed by atoms with Gasteiger partial charge in [0.1, 0.15) is 21.5 Å². The number of nitrogens with two attached hydrogens (primary N) is 1. The summed E-state index contributed by atoms with van der Waals surface area (Å²) >= 11 is 0. The number of hydrogen-bond donors (Lipinski definition) is 2. The molecule has 3 aromatic heterocycles. The minimum absolute atomic E-state index is 0.0647. The molecule has 7 rings (SSSR count). The summed E-state index contributed by atoms with van der Waals surface area (Å²) in [5, 5.41) is 5.08. The zero-order valence-corrected chi connectivity index (χ0v) is 31.4. The fourth-order valence-corrected chi connectivity index (χ4v) is 8.45. The average molecular weight is 723 g/mol. The maximum Gasteiger partial charge on any atom is 0.325 e. The number of anilines is 1. The Morgan fingerprint density at radius 3 is 2.23 bits per heavy atom. The highest BCUT2D eigenvalue weighted by atomic mass is 32.2. The summed E-state index contributed by atoms with van der Waals surface area (Å²) in [7, 11) is -1.22. The predicted molar refractivity (Wildman–Crippen MR) is 204 cm³/mol. The van der Waals surface area contributed by atoms with Gasteiger partial charge in [0.2, 0.25) is 5.91 Å². The normalized spacial score (nSPS) is 16.8. The average Bonchev–Trinajstić information content (AvgIpc) is 3.75. The van der Waals surface area contributed by atoms with Crippen molar-refractivity contribution in [2.75, 3.05) is 31.3 Å². The zero-order valence-electron chi connectivity index (χ0n) is 30.6. The van der Waals surface area contributed by atoms with Gasteiger partial charge in [-0.2, -0.15) is 5.10 Å². The summed E-state index contributed by atoms with van der Waals surface area (Å²) in [6, 6.07) is 16.2. The summed E-state index contributed by atoms with van der Waals surface area (Å²) in [6.07, 6.45) is 8.00. The lowest BCUT2D eigenvalue weighted by atomic mass is 9.93. The Labute approximate surface area is 304 Å². The van der Waals surface area contributed by atoms with E-state index in [9.17, 15) is 18.0 Å². The third-order valence-corrected chi connectivity index (χ3v) is 12.3. The van der Waals surface area contributed by atoms with Crippen LogP contribution in [-0.2, 0) is 27.7 Å². The monoisotopic (exact) mass is 722 g/mol. The fourth-order valence-electron chi connectivity index (χ4n) is 7.39. The van der Waals surface area contributed by atoms with Gasteiger partial charge < -0.3 is 15.6 Å². The van der Waals surface area contributed by atoms with E-state index in [1.54, 1.807) is 35.9 Å². The number of H-pyrrole nitrogens is 1. The van der Waals surface area contributed by atoms with Crippen molar-refractivity contribution in [3.63, 3.8) is 0 Å². The molecule has 1 fully saturated rings. The lowest BCUT2D eigenvalue weighted by Crippen LogP contribution is -2.53. The molecule has 1 unspecified atom stereocenters. The maximum absolute atomic E-state index is 13.5. The number of sulfone groups is 1. The first-order valence-electron chi connectivity index (χ1n) is 17.6. The van der Waals surface area contributed by atoms with Crippen molar-refractivity contribution >= 4 is 38.5 Å². The van der Waals surface area contributed by atoms with Gasteiger partial charge in [-0.25, -0.2) is 18.2 Å². The number of likely N-dealkylation sites (tertiary alicyclic amines) is 1. The van der Waals surface area contributed by atoms with E-state index in [1.807, 2.05) is 44.0 Å². The van der Waals surface area contributed by atoms with Crippen LogP contribution in [0.2, 0.25) is 0 Å². The van der Waals surface area contributed by atoms with Gasteiger partial charge in [0.05, 0.1) is 35.6 Å². The van der Waals surface area contributed by atoms with Crippen LogP contribution in [0.15, 0.2) is 67.1 Å². The van der Waals surface area contributed by atoms with Crippen LogP contribution in [0.25, 0.3) is 44.5 Å². The van der Waals surface area contributed by atoms with Crippen molar-refractivity contribution in [1.29, 1.82) is 0 Å². The molecule has 13 heteroatoms. The van der Waals surface area contributed by atoms with E-state index in [1.165, 1.54) is 6.26 Å². The number of carbonyl (C=O) groups excluding carboxylic acids is 2. The van der Waals surface area contributed by atoms with Crippen molar-refractivity contribution in [3.05, 3.63) is 78.2 Å². The van der Waals surface area contributed by atoms with E-state index in [4.69, 9.17) is 10.7 Å². The molecule has 0 saturated carbocycles. The van der Waals surface area contributed by atoms with E-state index in [0.29, 0.717) is 19.4 Å². The molecule has 3 N–H and O–H groups in total. The highest BCUT2D eigenvalue weighted by molar-refractivity contribution is 7.91. The topological polar surface area (TPSA) is 151 Å². The standard InChI is InChI=1S/C39H46N8O4S/c1-24(36(40)48)47-22-29(19-42-47)26-11-13-27(14-12-26)33-34-31-23-46(39(2,3)4)38(49)44(5)32(31)20-41-37(34)43-35(33)28-9-7-25(8-10-28)21-45-17-15-30(16-18-45)52(6,50)51/h7-14,19-20,22,24,30H,15-18,21,23H2,1-6H3,(H2,40,48)(H,41,43). The van der Waals surface area contributed by atoms with Gasteiger partial charge in [0.25, 0.3) is 0 Å². The molecule has 1 saturated heterocycles. The predicted octanol–water partition coefficient (Wildman–Crippen LogP) is 5.99. The number of hydrogen-bond acceptors (Lipinski definition) is 7. The lowest BCUT2D eigenvalue weighted by Gasteiger charge is -2.42. The molecule has 52 heavy (non-hydrogen) atoms. The van der Waals surface area contributed by atoms with Gasteiger partial charge in [-0.15, -0.1) is 0 Å². The van der Waals surface area contributed by atoms with Crippen LogP contribution >= 0.6 is 0 Å². The Morgan fingerprint density at radius 2 is 1.62 bits per heavy atom. The summed E-state index contributed by atoms with van der Waals surface area (Å²) in [6.45, 7) is 10.6. The van der Waals surface area contributed by atoms with Crippen LogP contribution in [0.4, 0.5) is 10.5 Å². The Hall–Kier alpha value is -5.01. The molecule has 0 aliphatic carbocycles. The molecule has 272 valence electrons. The van der Waals surface area contributed by atoms with Gasteiger partial charge in [-0.05, 0) is 75.9 Å². The van der Waals surface area contributed by atoms with Crippen molar-refractivity contribution in [1.82, 2.24) is 29.5 Å². The van der Waals surface area contributed by atoms with Crippen molar-refractivity contribution in [2.24, 2.45) is 5.73 Å². The molecule has 0 bridgehead atoms. The number of carbonyl (C=O) groups is 2. The number of fused-ring (bicyclic) bond motifs is 3. The highest BCUT2D eigenvalue weighted by Crippen LogP contribution is 2.44. The molecule has 12 nitrogen and oxygen atoms in total. The second-order valence-corrected chi connectivity index (χ2v) is 17.5. The first-order chi connectivity index (χ1) is 24.6. The smallest absolute Gasteiger partial charge is 0.325 e. The van der Waals surface area contributed by atoms with Crippen molar-refractivity contribution in [2.45, 2.75) is 70.5 Å². The van der Waals surface area contributed by atoms with Crippen molar-refractivity contribution in [3.8, 4) is 33.5 Å². The number of aromatic amines is 1. The number of primary amides is 1. The summed E-state index contributed by atoms with van der Waals surface area (Å²) < 4.78 is 25.7. The van der Waals surface area contributed by atoms with E-state index in [0.717, 1.165) is 81.0 Å². The molecular weight excluding hydrogens is 677 g/mol. The largest absolute Gasteiger partial charge is 0.368 e. The summed E-state index contributed by atoms with van der Waals surface area (Å²) in [5.74, 6) is -0.451. The van der Waals surface area contributed by atoms with E-state index >= 15 is 0 Å². The third-order valence-electron chi connectivity index (χ3n) is 10.6. The van der Waals surface area contributed by atoms with E-state index in [2.05, 4.69) is 51.4 Å². The third kappa shape index (κ3) is 6.58. The maximum atomic E-state index is 13.5. The number of piperidine rings is 1. The minimum Gasteiger partial charge on any atom is -0.368 e. The number of aromatic nitrogens is 4.